The minimum atomic E-state index is 0.516. The van der Waals surface area contributed by atoms with E-state index in [0.717, 1.165) is 18.0 Å². The normalized spacial score (nSPS) is 10.5. The third-order valence-corrected chi connectivity index (χ3v) is 2.68. The molecule has 0 radical (unpaired) electrons. The van der Waals surface area contributed by atoms with Crippen LogP contribution in [0.15, 0.2) is 30.5 Å². The van der Waals surface area contributed by atoms with Gasteiger partial charge in [0.25, 0.3) is 0 Å². The second-order valence-electron chi connectivity index (χ2n) is 4.99. The molecule has 1 aromatic heterocycles. The van der Waals surface area contributed by atoms with Crippen molar-refractivity contribution in [3.8, 4) is 5.75 Å². The van der Waals surface area contributed by atoms with Gasteiger partial charge in [-0.1, -0.05) is 26.0 Å². The average molecular weight is 287 g/mol. The van der Waals surface area contributed by atoms with Crippen LogP contribution in [0.2, 0.25) is 0 Å². The Labute approximate surface area is 125 Å². The lowest BCUT2D eigenvalue weighted by molar-refractivity contribution is 0.342. The molecule has 0 amide bonds. The molecule has 2 aromatic rings. The van der Waals surface area contributed by atoms with E-state index in [-0.39, 0.29) is 0 Å². The molecule has 21 heavy (non-hydrogen) atoms. The minimum Gasteiger partial charge on any atom is -0.492 e. The van der Waals surface area contributed by atoms with Crippen LogP contribution in [0, 0.1) is 5.92 Å². The molecular formula is C15H21N5O. The van der Waals surface area contributed by atoms with Crippen LogP contribution in [0.25, 0.3) is 0 Å². The Morgan fingerprint density at radius 1 is 1.24 bits per heavy atom. The molecule has 112 valence electrons. The summed E-state index contributed by atoms with van der Waals surface area (Å²) in [7, 11) is 0. The number of aromatic nitrogens is 3. The van der Waals surface area contributed by atoms with Crippen molar-refractivity contribution < 1.29 is 4.74 Å². The second-order valence-corrected chi connectivity index (χ2v) is 4.99. The largest absolute Gasteiger partial charge is 0.492 e. The van der Waals surface area contributed by atoms with Gasteiger partial charge in [-0.25, -0.2) is 0 Å². The zero-order valence-corrected chi connectivity index (χ0v) is 12.6. The van der Waals surface area contributed by atoms with Crippen molar-refractivity contribution in [1.29, 1.82) is 0 Å². The van der Waals surface area contributed by atoms with Crippen LogP contribution in [0.5, 0.6) is 5.75 Å². The number of ether oxygens (including phenoxy) is 1. The van der Waals surface area contributed by atoms with Gasteiger partial charge in [0.05, 0.1) is 18.5 Å². The van der Waals surface area contributed by atoms with Crippen molar-refractivity contribution in [2.24, 2.45) is 5.92 Å². The lowest BCUT2D eigenvalue weighted by atomic mass is 10.2. The second kappa shape index (κ2) is 7.42. The van der Waals surface area contributed by atoms with Crippen molar-refractivity contribution >= 4 is 17.5 Å². The van der Waals surface area contributed by atoms with Crippen LogP contribution < -0.4 is 15.4 Å². The Hall–Kier alpha value is -2.37. The van der Waals surface area contributed by atoms with Gasteiger partial charge >= 0.3 is 0 Å². The van der Waals surface area contributed by atoms with Gasteiger partial charge in [0, 0.05) is 6.54 Å². The first-order chi connectivity index (χ1) is 10.2. The van der Waals surface area contributed by atoms with E-state index in [2.05, 4.69) is 39.7 Å². The molecule has 1 aromatic carbocycles. The number of rotatable bonds is 7. The Balaban J connectivity index is 2.11. The molecule has 0 atom stereocenters. The SMILES string of the molecule is CCOc1ccccc1Nc1cnnc(NCC(C)C)n1. The molecule has 0 fully saturated rings. The molecule has 2 N–H and O–H groups in total. The highest BCUT2D eigenvalue weighted by atomic mass is 16.5. The molecule has 0 aliphatic rings. The molecule has 6 nitrogen and oxygen atoms in total. The van der Waals surface area contributed by atoms with Crippen molar-refractivity contribution in [2.45, 2.75) is 20.8 Å². The Bertz CT molecular complexity index is 573. The predicted octanol–water partition coefficient (Wildman–Crippen LogP) is 3.08. The number of nitrogens with one attached hydrogen (secondary N) is 2. The Morgan fingerprint density at radius 2 is 2.05 bits per heavy atom. The van der Waals surface area contributed by atoms with Gasteiger partial charge in [0.2, 0.25) is 5.95 Å². The number of para-hydroxylation sites is 2. The maximum Gasteiger partial charge on any atom is 0.244 e. The number of nitrogens with zero attached hydrogens (tertiary/aromatic N) is 3. The van der Waals surface area contributed by atoms with E-state index in [0.29, 0.717) is 24.3 Å². The third-order valence-electron chi connectivity index (χ3n) is 2.68. The van der Waals surface area contributed by atoms with Crippen molar-refractivity contribution in [2.75, 3.05) is 23.8 Å². The minimum absolute atomic E-state index is 0.516. The fourth-order valence-corrected chi connectivity index (χ4v) is 1.72. The highest BCUT2D eigenvalue weighted by Gasteiger charge is 2.05. The van der Waals surface area contributed by atoms with E-state index in [1.54, 1.807) is 6.20 Å². The van der Waals surface area contributed by atoms with Crippen molar-refractivity contribution in [3.05, 3.63) is 30.5 Å². The smallest absolute Gasteiger partial charge is 0.244 e. The van der Waals surface area contributed by atoms with E-state index in [9.17, 15) is 0 Å². The summed E-state index contributed by atoms with van der Waals surface area (Å²) < 4.78 is 5.58. The van der Waals surface area contributed by atoms with Crippen LogP contribution in [0.4, 0.5) is 17.5 Å². The van der Waals surface area contributed by atoms with E-state index in [1.807, 2.05) is 31.2 Å². The molecule has 2 rings (SSSR count). The highest BCUT2D eigenvalue weighted by Crippen LogP contribution is 2.26. The standard InChI is InChI=1S/C15H21N5O/c1-4-21-13-8-6-5-7-12(13)18-14-10-17-20-15(19-14)16-9-11(2)3/h5-8,10-11H,4,9H2,1-3H3,(H2,16,18,19,20). The molecule has 1 heterocycles. The Morgan fingerprint density at radius 3 is 2.81 bits per heavy atom. The van der Waals surface area contributed by atoms with Crippen LogP contribution in [-0.2, 0) is 0 Å². The van der Waals surface area contributed by atoms with Crippen LogP contribution >= 0.6 is 0 Å². The average Bonchev–Trinajstić information content (AvgIpc) is 2.48. The van der Waals surface area contributed by atoms with E-state index >= 15 is 0 Å². The summed E-state index contributed by atoms with van der Waals surface area (Å²) in [6, 6.07) is 7.73. The van der Waals surface area contributed by atoms with Gasteiger partial charge in [0.1, 0.15) is 5.75 Å². The molecular weight excluding hydrogens is 266 g/mol. The molecule has 0 bridgehead atoms. The summed E-state index contributed by atoms with van der Waals surface area (Å²) in [5, 5.41) is 14.3. The number of hydrogen-bond acceptors (Lipinski definition) is 6. The first-order valence-corrected chi connectivity index (χ1v) is 7.11. The number of anilines is 3. The van der Waals surface area contributed by atoms with Gasteiger partial charge in [-0.15, -0.1) is 5.10 Å². The van der Waals surface area contributed by atoms with Gasteiger partial charge in [-0.3, -0.25) is 0 Å². The first-order valence-electron chi connectivity index (χ1n) is 7.11. The lowest BCUT2D eigenvalue weighted by Crippen LogP contribution is -2.12. The maximum atomic E-state index is 5.58. The molecule has 0 aliphatic heterocycles. The number of hydrogen-bond donors (Lipinski definition) is 2. The predicted molar refractivity (Wildman–Crippen MR) is 84.0 cm³/mol. The summed E-state index contributed by atoms with van der Waals surface area (Å²) in [6.45, 7) is 7.63. The van der Waals surface area contributed by atoms with Crippen LogP contribution in [-0.4, -0.2) is 28.3 Å². The zero-order chi connectivity index (χ0) is 15.1. The number of benzene rings is 1. The van der Waals surface area contributed by atoms with Crippen LogP contribution in [0.1, 0.15) is 20.8 Å². The van der Waals surface area contributed by atoms with Gasteiger partial charge in [0.15, 0.2) is 5.82 Å². The molecule has 0 aliphatic carbocycles. The zero-order valence-electron chi connectivity index (χ0n) is 12.6. The lowest BCUT2D eigenvalue weighted by Gasteiger charge is -2.12. The maximum absolute atomic E-state index is 5.58. The van der Waals surface area contributed by atoms with Crippen molar-refractivity contribution in [3.63, 3.8) is 0 Å². The molecule has 0 saturated carbocycles. The molecule has 0 spiro atoms. The summed E-state index contributed by atoms with van der Waals surface area (Å²) in [6.07, 6.45) is 1.59. The highest BCUT2D eigenvalue weighted by molar-refractivity contribution is 5.63. The summed E-state index contributed by atoms with van der Waals surface area (Å²) in [5.74, 6) is 2.45. The first kappa shape index (κ1) is 15.0. The summed E-state index contributed by atoms with van der Waals surface area (Å²) in [5.41, 5.74) is 0.856. The fraction of sp³-hybridized carbons (Fsp3) is 0.400. The van der Waals surface area contributed by atoms with Gasteiger partial charge in [-0.05, 0) is 25.0 Å². The van der Waals surface area contributed by atoms with E-state index < -0.39 is 0 Å². The molecule has 6 heteroatoms. The monoisotopic (exact) mass is 287 g/mol. The third kappa shape index (κ3) is 4.59. The molecule has 0 saturated heterocycles. The Kier molecular flexibility index (Phi) is 5.31. The topological polar surface area (TPSA) is 72.0 Å². The quantitative estimate of drug-likeness (QED) is 0.815. The fourth-order valence-electron chi connectivity index (χ4n) is 1.72. The van der Waals surface area contributed by atoms with Crippen LogP contribution in [0.3, 0.4) is 0 Å². The summed E-state index contributed by atoms with van der Waals surface area (Å²) >= 11 is 0. The molecule has 0 unspecified atom stereocenters. The van der Waals surface area contributed by atoms with Crippen molar-refractivity contribution in [1.82, 2.24) is 15.2 Å². The van der Waals surface area contributed by atoms with E-state index in [4.69, 9.17) is 4.74 Å². The van der Waals surface area contributed by atoms with Gasteiger partial charge in [-0.2, -0.15) is 10.1 Å². The van der Waals surface area contributed by atoms with E-state index in [1.165, 1.54) is 0 Å². The summed E-state index contributed by atoms with van der Waals surface area (Å²) in [4.78, 5) is 4.39. The van der Waals surface area contributed by atoms with Gasteiger partial charge < -0.3 is 15.4 Å².